The molecule has 0 radical (unpaired) electrons. The predicted molar refractivity (Wildman–Crippen MR) is 39.7 cm³/mol. The van der Waals surface area contributed by atoms with Crippen LogP contribution in [0.25, 0.3) is 0 Å². The highest BCUT2D eigenvalue weighted by molar-refractivity contribution is 4.88. The summed E-state index contributed by atoms with van der Waals surface area (Å²) in [6, 6.07) is 0. The summed E-state index contributed by atoms with van der Waals surface area (Å²) in [6.07, 6.45) is 2.34. The van der Waals surface area contributed by atoms with Crippen molar-refractivity contribution >= 4 is 0 Å². The second-order valence-corrected chi connectivity index (χ2v) is 2.91. The molecule has 0 spiro atoms. The van der Waals surface area contributed by atoms with E-state index in [1.807, 2.05) is 20.8 Å². The summed E-state index contributed by atoms with van der Waals surface area (Å²) in [5.41, 5.74) is 1.19. The van der Waals surface area contributed by atoms with Gasteiger partial charge in [-0.05, 0) is 26.3 Å². The van der Waals surface area contributed by atoms with Gasteiger partial charge in [-0.3, -0.25) is 0 Å². The molecule has 1 fully saturated rings. The highest BCUT2D eigenvalue weighted by Crippen LogP contribution is 2.16. The topological polar surface area (TPSA) is 21.8 Å². The molecule has 0 aromatic heterocycles. The van der Waals surface area contributed by atoms with E-state index in [1.54, 1.807) is 6.26 Å². The molecule has 58 valence electrons. The molecule has 1 aliphatic heterocycles. The van der Waals surface area contributed by atoms with E-state index in [2.05, 4.69) is 0 Å². The van der Waals surface area contributed by atoms with Crippen molar-refractivity contribution in [2.24, 2.45) is 0 Å². The van der Waals surface area contributed by atoms with Crippen molar-refractivity contribution in [3.63, 3.8) is 0 Å². The van der Waals surface area contributed by atoms with Gasteiger partial charge in [0.2, 0.25) is 0 Å². The Morgan fingerprint density at radius 2 is 2.30 bits per heavy atom. The fraction of sp³-hybridized carbons (Fsp3) is 0.750. The Morgan fingerprint density at radius 3 is 2.70 bits per heavy atom. The maximum atomic E-state index is 5.34. The maximum Gasteiger partial charge on any atom is 0.123 e. The first-order valence-corrected chi connectivity index (χ1v) is 3.60. The number of rotatable bonds is 3. The highest BCUT2D eigenvalue weighted by Gasteiger charge is 2.30. The molecule has 1 saturated heterocycles. The van der Waals surface area contributed by atoms with Gasteiger partial charge in [0, 0.05) is 0 Å². The van der Waals surface area contributed by atoms with E-state index in [0.29, 0.717) is 6.10 Å². The maximum absolute atomic E-state index is 5.34. The van der Waals surface area contributed by atoms with Gasteiger partial charge in [-0.25, -0.2) is 0 Å². The van der Waals surface area contributed by atoms with E-state index in [-0.39, 0.29) is 6.10 Å². The molecule has 2 unspecified atom stereocenters. The molecule has 0 aromatic rings. The van der Waals surface area contributed by atoms with Crippen LogP contribution in [0.3, 0.4) is 0 Å². The molecular formula is C8H14O2. The first-order valence-electron chi connectivity index (χ1n) is 3.60. The van der Waals surface area contributed by atoms with Crippen molar-refractivity contribution in [3.8, 4) is 0 Å². The van der Waals surface area contributed by atoms with Crippen LogP contribution in [0.4, 0.5) is 0 Å². The molecule has 0 N–H and O–H groups in total. The molecule has 2 atom stereocenters. The molecule has 1 heterocycles. The zero-order chi connectivity index (χ0) is 7.56. The molecule has 10 heavy (non-hydrogen) atoms. The Morgan fingerprint density at radius 1 is 1.70 bits per heavy atom. The lowest BCUT2D eigenvalue weighted by atomic mass is 10.3. The highest BCUT2D eigenvalue weighted by atomic mass is 16.6. The summed E-state index contributed by atoms with van der Waals surface area (Å²) in [4.78, 5) is 0. The van der Waals surface area contributed by atoms with Crippen LogP contribution in [0.15, 0.2) is 11.8 Å². The molecule has 0 amide bonds. The number of hydrogen-bond acceptors (Lipinski definition) is 2. The fourth-order valence-corrected chi connectivity index (χ4v) is 0.658. The SMILES string of the molecule is CC(C)=COC(C)C1CO1. The third-order valence-electron chi connectivity index (χ3n) is 1.40. The Balaban J connectivity index is 2.17. The minimum absolute atomic E-state index is 0.217. The standard InChI is InChI=1S/C8H14O2/c1-6(2)4-9-7(3)8-5-10-8/h4,7-8H,5H2,1-3H3. The van der Waals surface area contributed by atoms with Crippen LogP contribution >= 0.6 is 0 Å². The van der Waals surface area contributed by atoms with Gasteiger partial charge in [-0.2, -0.15) is 0 Å². The van der Waals surface area contributed by atoms with Gasteiger partial charge in [0.25, 0.3) is 0 Å². The average molecular weight is 142 g/mol. The largest absolute Gasteiger partial charge is 0.496 e. The third-order valence-corrected chi connectivity index (χ3v) is 1.40. The van der Waals surface area contributed by atoms with Crippen LogP contribution in [0, 0.1) is 0 Å². The monoisotopic (exact) mass is 142 g/mol. The number of ether oxygens (including phenoxy) is 2. The molecule has 0 bridgehead atoms. The second kappa shape index (κ2) is 3.06. The van der Waals surface area contributed by atoms with E-state index in [0.717, 1.165) is 6.61 Å². The lowest BCUT2D eigenvalue weighted by Crippen LogP contribution is -2.11. The van der Waals surface area contributed by atoms with Crippen LogP contribution in [-0.4, -0.2) is 18.8 Å². The molecule has 2 heteroatoms. The Kier molecular flexibility index (Phi) is 2.33. The van der Waals surface area contributed by atoms with Crippen molar-refractivity contribution < 1.29 is 9.47 Å². The fourth-order valence-electron chi connectivity index (χ4n) is 0.658. The third kappa shape index (κ3) is 2.40. The van der Waals surface area contributed by atoms with Gasteiger partial charge in [-0.15, -0.1) is 0 Å². The van der Waals surface area contributed by atoms with E-state index < -0.39 is 0 Å². The smallest absolute Gasteiger partial charge is 0.123 e. The number of allylic oxidation sites excluding steroid dienone is 1. The summed E-state index contributed by atoms with van der Waals surface area (Å²) in [6.45, 7) is 6.91. The average Bonchev–Trinajstić information content (AvgIpc) is 2.63. The Bertz CT molecular complexity index is 132. The first-order chi connectivity index (χ1) is 4.70. The van der Waals surface area contributed by atoms with Gasteiger partial charge in [0.05, 0.1) is 12.9 Å². The summed E-state index contributed by atoms with van der Waals surface area (Å²) >= 11 is 0. The summed E-state index contributed by atoms with van der Waals surface area (Å²) in [5, 5.41) is 0. The van der Waals surface area contributed by atoms with Crippen LogP contribution in [0.5, 0.6) is 0 Å². The van der Waals surface area contributed by atoms with Gasteiger partial charge in [0.15, 0.2) is 0 Å². The summed E-state index contributed by atoms with van der Waals surface area (Å²) in [7, 11) is 0. The summed E-state index contributed by atoms with van der Waals surface area (Å²) < 4.78 is 10.4. The van der Waals surface area contributed by atoms with E-state index in [9.17, 15) is 0 Å². The van der Waals surface area contributed by atoms with Crippen LogP contribution in [0.1, 0.15) is 20.8 Å². The molecule has 1 aliphatic rings. The van der Waals surface area contributed by atoms with Crippen molar-refractivity contribution in [1.82, 2.24) is 0 Å². The van der Waals surface area contributed by atoms with Crippen LogP contribution < -0.4 is 0 Å². The second-order valence-electron chi connectivity index (χ2n) is 2.91. The molecule has 0 aliphatic carbocycles. The van der Waals surface area contributed by atoms with Crippen molar-refractivity contribution in [1.29, 1.82) is 0 Å². The quantitative estimate of drug-likeness (QED) is 0.442. The zero-order valence-corrected chi connectivity index (χ0v) is 6.76. The Labute approximate surface area is 61.8 Å². The van der Waals surface area contributed by atoms with Crippen molar-refractivity contribution in [2.75, 3.05) is 6.61 Å². The molecule has 2 nitrogen and oxygen atoms in total. The van der Waals surface area contributed by atoms with Crippen LogP contribution in [0.2, 0.25) is 0 Å². The van der Waals surface area contributed by atoms with Gasteiger partial charge < -0.3 is 9.47 Å². The van der Waals surface area contributed by atoms with Gasteiger partial charge in [-0.1, -0.05) is 0 Å². The van der Waals surface area contributed by atoms with E-state index in [4.69, 9.17) is 9.47 Å². The molecule has 0 aromatic carbocycles. The van der Waals surface area contributed by atoms with E-state index >= 15 is 0 Å². The number of epoxide rings is 1. The van der Waals surface area contributed by atoms with Gasteiger partial charge >= 0.3 is 0 Å². The van der Waals surface area contributed by atoms with Crippen molar-refractivity contribution in [2.45, 2.75) is 33.0 Å². The zero-order valence-electron chi connectivity index (χ0n) is 6.76. The minimum atomic E-state index is 0.217. The Hall–Kier alpha value is -0.500. The van der Waals surface area contributed by atoms with E-state index in [1.165, 1.54) is 5.57 Å². The van der Waals surface area contributed by atoms with Gasteiger partial charge in [0.1, 0.15) is 12.2 Å². The molecule has 0 saturated carbocycles. The lowest BCUT2D eigenvalue weighted by molar-refractivity contribution is 0.126. The van der Waals surface area contributed by atoms with Crippen LogP contribution in [-0.2, 0) is 9.47 Å². The molecule has 1 rings (SSSR count). The summed E-state index contributed by atoms with van der Waals surface area (Å²) in [5.74, 6) is 0. The molecular weight excluding hydrogens is 128 g/mol. The lowest BCUT2D eigenvalue weighted by Gasteiger charge is -2.07. The normalized spacial score (nSPS) is 25.3. The number of hydrogen-bond donors (Lipinski definition) is 0. The minimum Gasteiger partial charge on any atom is -0.496 e. The van der Waals surface area contributed by atoms with Crippen molar-refractivity contribution in [3.05, 3.63) is 11.8 Å². The first kappa shape index (κ1) is 7.61. The predicted octanol–water partition coefficient (Wildman–Crippen LogP) is 1.71.